The molecule has 1 aromatic heterocycles. The van der Waals surface area contributed by atoms with Crippen molar-refractivity contribution >= 4 is 38.6 Å². The molecule has 1 N–H and O–H groups in total. The van der Waals surface area contributed by atoms with Gasteiger partial charge in [0.2, 0.25) is 0 Å². The molecule has 1 fully saturated rings. The minimum absolute atomic E-state index is 0.139. The second-order valence-electron chi connectivity index (χ2n) is 9.70. The number of likely N-dealkylation sites (tertiary alicyclic amines) is 1. The van der Waals surface area contributed by atoms with Gasteiger partial charge in [-0.25, -0.2) is 0 Å². The molecule has 1 aliphatic rings. The van der Waals surface area contributed by atoms with E-state index in [0.717, 1.165) is 32.6 Å². The number of aromatic nitrogens is 1. The zero-order valence-electron chi connectivity index (χ0n) is 21.4. The van der Waals surface area contributed by atoms with Crippen molar-refractivity contribution in [2.75, 3.05) is 13.1 Å². The van der Waals surface area contributed by atoms with Gasteiger partial charge >= 0.3 is 6.36 Å². The molecule has 0 aliphatic carbocycles. The highest BCUT2D eigenvalue weighted by molar-refractivity contribution is 9.10. The van der Waals surface area contributed by atoms with E-state index in [2.05, 4.69) is 31.0 Å². The van der Waals surface area contributed by atoms with Gasteiger partial charge in [-0.3, -0.25) is 14.6 Å². The van der Waals surface area contributed by atoms with Crippen molar-refractivity contribution in [1.82, 2.24) is 15.2 Å². The SMILES string of the molecule is Cc1cc(C(=O)N2CC[C@@H](NC(=O)c3ccccc3OC(F)(F)F)[C@@H](c3ccccc3)C2)cc2cc(Br)cnc12. The number of nitrogens with one attached hydrogen (secondary N) is 1. The summed E-state index contributed by atoms with van der Waals surface area (Å²) in [5, 5.41) is 3.76. The van der Waals surface area contributed by atoms with Crippen LogP contribution in [0.15, 0.2) is 83.5 Å². The van der Waals surface area contributed by atoms with Crippen molar-refractivity contribution in [3.63, 3.8) is 0 Å². The van der Waals surface area contributed by atoms with E-state index in [1.807, 2.05) is 55.5 Å². The number of amides is 2. The van der Waals surface area contributed by atoms with Crippen LogP contribution in [0.3, 0.4) is 0 Å². The Morgan fingerprint density at radius 1 is 1.05 bits per heavy atom. The molecular formula is C30H25BrF3N3O3. The van der Waals surface area contributed by atoms with Crippen LogP contribution in [0.1, 0.15) is 44.2 Å². The third-order valence-corrected chi connectivity index (χ3v) is 7.42. The molecule has 10 heteroatoms. The van der Waals surface area contributed by atoms with Crippen molar-refractivity contribution in [1.29, 1.82) is 0 Å². The van der Waals surface area contributed by atoms with Crippen molar-refractivity contribution in [2.45, 2.75) is 31.7 Å². The molecule has 4 aromatic rings. The van der Waals surface area contributed by atoms with Crippen molar-refractivity contribution in [3.8, 4) is 5.75 Å². The highest BCUT2D eigenvalue weighted by Crippen LogP contribution is 2.31. The van der Waals surface area contributed by atoms with Crippen molar-refractivity contribution in [3.05, 3.63) is 106 Å². The second-order valence-corrected chi connectivity index (χ2v) is 10.6. The van der Waals surface area contributed by atoms with Gasteiger partial charge in [0.1, 0.15) is 5.75 Å². The zero-order chi connectivity index (χ0) is 28.4. The zero-order valence-corrected chi connectivity index (χ0v) is 23.0. The van der Waals surface area contributed by atoms with E-state index < -0.39 is 24.1 Å². The first-order valence-electron chi connectivity index (χ1n) is 12.6. The maximum absolute atomic E-state index is 13.7. The smallest absolute Gasteiger partial charge is 0.405 e. The molecule has 0 saturated carbocycles. The summed E-state index contributed by atoms with van der Waals surface area (Å²) >= 11 is 3.43. The molecular weight excluding hydrogens is 587 g/mol. The van der Waals surface area contributed by atoms with Crippen LogP contribution in [0.4, 0.5) is 13.2 Å². The quantitative estimate of drug-likeness (QED) is 0.275. The predicted octanol–water partition coefficient (Wildman–Crippen LogP) is 6.63. The maximum Gasteiger partial charge on any atom is 0.573 e. The Morgan fingerprint density at radius 2 is 1.77 bits per heavy atom. The fourth-order valence-electron chi connectivity index (χ4n) is 5.17. The van der Waals surface area contributed by atoms with Crippen LogP contribution in [0.25, 0.3) is 10.9 Å². The first-order valence-corrected chi connectivity index (χ1v) is 13.4. The molecule has 2 heterocycles. The Bertz CT molecular complexity index is 1560. The van der Waals surface area contributed by atoms with Gasteiger partial charge in [0.15, 0.2) is 0 Å². The number of fused-ring (bicyclic) bond motifs is 1. The fraction of sp³-hybridized carbons (Fsp3) is 0.233. The highest BCUT2D eigenvalue weighted by Gasteiger charge is 2.36. The lowest BCUT2D eigenvalue weighted by Crippen LogP contribution is -2.51. The number of piperidine rings is 1. The second kappa shape index (κ2) is 11.3. The number of hydrogen-bond donors (Lipinski definition) is 1. The average molecular weight is 612 g/mol. The molecule has 0 unspecified atom stereocenters. The first kappa shape index (κ1) is 27.6. The average Bonchev–Trinajstić information content (AvgIpc) is 2.92. The van der Waals surface area contributed by atoms with Crippen LogP contribution in [0.5, 0.6) is 5.75 Å². The van der Waals surface area contributed by atoms with Crippen molar-refractivity contribution < 1.29 is 27.5 Å². The Kier molecular flexibility index (Phi) is 7.80. The summed E-state index contributed by atoms with van der Waals surface area (Å²) in [6.45, 7) is 2.60. The monoisotopic (exact) mass is 611 g/mol. The molecule has 3 aromatic carbocycles. The summed E-state index contributed by atoms with van der Waals surface area (Å²) in [5.74, 6) is -1.66. The van der Waals surface area contributed by atoms with Crippen molar-refractivity contribution in [2.24, 2.45) is 0 Å². The van der Waals surface area contributed by atoms with E-state index in [0.29, 0.717) is 25.1 Å². The van der Waals surface area contributed by atoms with Crippen LogP contribution in [0.2, 0.25) is 0 Å². The number of hydrogen-bond acceptors (Lipinski definition) is 4. The molecule has 40 heavy (non-hydrogen) atoms. The van der Waals surface area contributed by atoms with Crippen LogP contribution >= 0.6 is 15.9 Å². The number of rotatable bonds is 5. The summed E-state index contributed by atoms with van der Waals surface area (Å²) in [6.07, 6.45) is -2.80. The Hall–Kier alpha value is -3.92. The minimum atomic E-state index is -4.93. The number of carbonyl (C=O) groups is 2. The lowest BCUT2D eigenvalue weighted by Gasteiger charge is -2.39. The van der Waals surface area contributed by atoms with Gasteiger partial charge in [0.25, 0.3) is 11.8 Å². The number of pyridine rings is 1. The van der Waals surface area contributed by atoms with Gasteiger partial charge in [-0.05, 0) is 70.7 Å². The molecule has 0 spiro atoms. The molecule has 206 valence electrons. The van der Waals surface area contributed by atoms with E-state index in [4.69, 9.17) is 0 Å². The molecule has 1 saturated heterocycles. The predicted molar refractivity (Wildman–Crippen MR) is 148 cm³/mol. The molecule has 6 nitrogen and oxygen atoms in total. The lowest BCUT2D eigenvalue weighted by molar-refractivity contribution is -0.274. The lowest BCUT2D eigenvalue weighted by atomic mass is 9.85. The topological polar surface area (TPSA) is 71.5 Å². The normalized spacial score (nSPS) is 17.5. The number of benzene rings is 3. The number of ether oxygens (including phenoxy) is 1. The van der Waals surface area contributed by atoms with Crippen LogP contribution in [-0.4, -0.2) is 47.2 Å². The molecule has 0 bridgehead atoms. The number of para-hydroxylation sites is 1. The van der Waals surface area contributed by atoms with Crippen LogP contribution in [-0.2, 0) is 0 Å². The molecule has 0 radical (unpaired) electrons. The van der Waals surface area contributed by atoms with Gasteiger partial charge in [-0.15, -0.1) is 13.2 Å². The van der Waals surface area contributed by atoms with Crippen LogP contribution < -0.4 is 10.1 Å². The van der Waals surface area contributed by atoms with Gasteiger partial charge < -0.3 is 15.0 Å². The van der Waals surface area contributed by atoms with Gasteiger partial charge in [0, 0.05) is 46.7 Å². The molecule has 2 atom stereocenters. The third kappa shape index (κ3) is 6.12. The summed E-state index contributed by atoms with van der Waals surface area (Å²) in [4.78, 5) is 33.0. The maximum atomic E-state index is 13.7. The minimum Gasteiger partial charge on any atom is -0.405 e. The van der Waals surface area contributed by atoms with Crippen LogP contribution in [0, 0.1) is 6.92 Å². The van der Waals surface area contributed by atoms with E-state index in [9.17, 15) is 22.8 Å². The standard InChI is InChI=1S/C30H25BrF3N3O3/c1-18-13-21(14-20-15-22(31)16-35-27(18)20)29(39)37-12-11-25(24(17-37)19-7-3-2-4-8-19)36-28(38)23-9-5-6-10-26(23)40-30(32,33)34/h2-10,13-16,24-25H,11-12,17H2,1H3,(H,36,38)/t24-,25-/m1/s1. The van der Waals surface area contributed by atoms with Gasteiger partial charge in [0.05, 0.1) is 11.1 Å². The van der Waals surface area contributed by atoms with E-state index in [1.165, 1.54) is 18.2 Å². The highest BCUT2D eigenvalue weighted by atomic mass is 79.9. The Labute approximate surface area is 237 Å². The number of halogens is 4. The Morgan fingerprint density at radius 3 is 2.52 bits per heavy atom. The summed E-state index contributed by atoms with van der Waals surface area (Å²) in [7, 11) is 0. The molecule has 5 rings (SSSR count). The van der Waals surface area contributed by atoms with Gasteiger partial charge in [-0.2, -0.15) is 0 Å². The number of carbonyl (C=O) groups excluding carboxylic acids is 2. The van der Waals surface area contributed by atoms with E-state index in [-0.39, 0.29) is 17.4 Å². The number of alkyl halides is 3. The summed E-state index contributed by atoms with van der Waals surface area (Å²) in [5.41, 5.74) is 2.94. The number of aryl methyl sites for hydroxylation is 1. The van der Waals surface area contributed by atoms with E-state index in [1.54, 1.807) is 11.1 Å². The summed E-state index contributed by atoms with van der Waals surface area (Å²) in [6, 6.07) is 19.9. The van der Waals surface area contributed by atoms with E-state index >= 15 is 0 Å². The Balaban J connectivity index is 1.40. The van der Waals surface area contributed by atoms with Gasteiger partial charge in [-0.1, -0.05) is 42.5 Å². The third-order valence-electron chi connectivity index (χ3n) is 6.99. The molecule has 2 amide bonds. The number of nitrogens with zero attached hydrogens (tertiary/aromatic N) is 2. The molecule has 1 aliphatic heterocycles. The fourth-order valence-corrected chi connectivity index (χ4v) is 5.52. The largest absolute Gasteiger partial charge is 0.573 e. The first-order chi connectivity index (χ1) is 19.1. The summed E-state index contributed by atoms with van der Waals surface area (Å²) < 4.78 is 43.6.